The van der Waals surface area contributed by atoms with E-state index in [-0.39, 0.29) is 16.7 Å². The van der Waals surface area contributed by atoms with E-state index >= 15 is 0 Å². The van der Waals surface area contributed by atoms with E-state index in [1.54, 1.807) is 0 Å². The standard InChI is InChI=1S/C7H9NO2S/c1-2-3-6-7(10)5(4-9)8-11-6/h4,6H,2-3H2,1H3. The van der Waals surface area contributed by atoms with Crippen molar-refractivity contribution in [1.29, 1.82) is 0 Å². The highest BCUT2D eigenvalue weighted by molar-refractivity contribution is 8.00. The van der Waals surface area contributed by atoms with Gasteiger partial charge in [-0.05, 0) is 18.4 Å². The summed E-state index contributed by atoms with van der Waals surface area (Å²) in [5.74, 6) is -0.105. The van der Waals surface area contributed by atoms with Crippen LogP contribution in [0, 0.1) is 0 Å². The molecule has 3 nitrogen and oxygen atoms in total. The lowest BCUT2D eigenvalue weighted by Gasteiger charge is -2.00. The number of nitrogens with zero attached hydrogens (tertiary/aromatic N) is 1. The van der Waals surface area contributed by atoms with Gasteiger partial charge in [0.1, 0.15) is 0 Å². The van der Waals surface area contributed by atoms with Gasteiger partial charge < -0.3 is 0 Å². The van der Waals surface area contributed by atoms with Crippen LogP contribution in [-0.2, 0) is 9.59 Å². The van der Waals surface area contributed by atoms with E-state index in [2.05, 4.69) is 4.40 Å². The van der Waals surface area contributed by atoms with Crippen molar-refractivity contribution in [1.82, 2.24) is 0 Å². The van der Waals surface area contributed by atoms with E-state index in [9.17, 15) is 9.59 Å². The summed E-state index contributed by atoms with van der Waals surface area (Å²) in [6, 6.07) is 0. The van der Waals surface area contributed by atoms with Gasteiger partial charge in [0.2, 0.25) is 0 Å². The minimum Gasteiger partial charge on any atom is -0.296 e. The van der Waals surface area contributed by atoms with Crippen LogP contribution < -0.4 is 0 Å². The second-order valence-electron chi connectivity index (χ2n) is 2.34. The summed E-state index contributed by atoms with van der Waals surface area (Å²) in [4.78, 5) is 21.3. The predicted octanol–water partition coefficient (Wildman–Crippen LogP) is 1.03. The molecule has 0 radical (unpaired) electrons. The van der Waals surface area contributed by atoms with Crippen molar-refractivity contribution in [2.75, 3.05) is 0 Å². The number of Topliss-reactive ketones (excluding diaryl/α,β-unsaturated/α-hetero) is 1. The molecule has 1 unspecified atom stereocenters. The van der Waals surface area contributed by atoms with Crippen molar-refractivity contribution >= 4 is 29.7 Å². The molecule has 0 aliphatic carbocycles. The van der Waals surface area contributed by atoms with Crippen molar-refractivity contribution in [2.24, 2.45) is 4.40 Å². The molecule has 0 bridgehead atoms. The molecule has 0 saturated heterocycles. The maximum atomic E-state index is 11.1. The first-order valence-corrected chi connectivity index (χ1v) is 4.36. The summed E-state index contributed by atoms with van der Waals surface area (Å²) in [7, 11) is 0. The molecule has 60 valence electrons. The van der Waals surface area contributed by atoms with Crippen molar-refractivity contribution in [3.63, 3.8) is 0 Å². The lowest BCUT2D eigenvalue weighted by atomic mass is 10.1. The molecule has 1 heterocycles. The minimum absolute atomic E-state index is 0.0912. The van der Waals surface area contributed by atoms with Crippen molar-refractivity contribution < 1.29 is 9.59 Å². The number of hydrogen-bond acceptors (Lipinski definition) is 4. The highest BCUT2D eigenvalue weighted by atomic mass is 32.2. The fourth-order valence-corrected chi connectivity index (χ4v) is 1.84. The van der Waals surface area contributed by atoms with E-state index in [4.69, 9.17) is 0 Å². The summed E-state index contributed by atoms with van der Waals surface area (Å²) in [5.41, 5.74) is 0.0912. The maximum Gasteiger partial charge on any atom is 0.200 e. The molecular formula is C7H9NO2S. The third kappa shape index (κ3) is 1.68. The molecule has 0 aromatic carbocycles. The Morgan fingerprint density at radius 1 is 1.73 bits per heavy atom. The maximum absolute atomic E-state index is 11.1. The van der Waals surface area contributed by atoms with Crippen LogP contribution in [0.1, 0.15) is 19.8 Å². The van der Waals surface area contributed by atoms with Crippen LogP contribution in [0.15, 0.2) is 4.40 Å². The van der Waals surface area contributed by atoms with Gasteiger partial charge in [0, 0.05) is 0 Å². The average molecular weight is 171 g/mol. The van der Waals surface area contributed by atoms with Crippen LogP contribution in [0.4, 0.5) is 0 Å². The van der Waals surface area contributed by atoms with E-state index in [0.717, 1.165) is 12.8 Å². The van der Waals surface area contributed by atoms with Gasteiger partial charge in [0.25, 0.3) is 0 Å². The zero-order valence-corrected chi connectivity index (χ0v) is 7.06. The van der Waals surface area contributed by atoms with Crippen LogP contribution in [0.5, 0.6) is 0 Å². The molecule has 1 aliphatic rings. The van der Waals surface area contributed by atoms with Gasteiger partial charge in [-0.25, -0.2) is 4.40 Å². The van der Waals surface area contributed by atoms with Gasteiger partial charge in [0.05, 0.1) is 5.25 Å². The first-order valence-electron chi connectivity index (χ1n) is 3.52. The largest absolute Gasteiger partial charge is 0.296 e. The lowest BCUT2D eigenvalue weighted by molar-refractivity contribution is -0.113. The molecule has 1 aliphatic heterocycles. The van der Waals surface area contributed by atoms with Crippen LogP contribution >= 0.6 is 11.9 Å². The smallest absolute Gasteiger partial charge is 0.200 e. The van der Waals surface area contributed by atoms with Gasteiger partial charge in [-0.3, -0.25) is 9.59 Å². The topological polar surface area (TPSA) is 46.5 Å². The molecule has 0 spiro atoms. The van der Waals surface area contributed by atoms with Gasteiger partial charge in [-0.2, -0.15) is 0 Å². The first kappa shape index (κ1) is 8.46. The Bertz CT molecular complexity index is 212. The van der Waals surface area contributed by atoms with Crippen molar-refractivity contribution in [3.8, 4) is 0 Å². The molecule has 0 N–H and O–H groups in total. The van der Waals surface area contributed by atoms with Crippen LogP contribution in [-0.4, -0.2) is 23.0 Å². The molecule has 0 amide bonds. The second-order valence-corrected chi connectivity index (χ2v) is 3.30. The molecule has 0 aromatic heterocycles. The minimum atomic E-state index is -0.105. The molecule has 0 aromatic rings. The Labute approximate surface area is 69.4 Å². The monoisotopic (exact) mass is 171 g/mol. The summed E-state index contributed by atoms with van der Waals surface area (Å²) < 4.78 is 3.75. The third-order valence-electron chi connectivity index (χ3n) is 1.49. The zero-order valence-electron chi connectivity index (χ0n) is 6.24. The molecule has 0 fully saturated rings. The van der Waals surface area contributed by atoms with Crippen molar-refractivity contribution in [2.45, 2.75) is 25.0 Å². The average Bonchev–Trinajstić information content (AvgIpc) is 2.34. The number of carbonyl (C=O) groups excluding carboxylic acids is 2. The Kier molecular flexibility index (Phi) is 2.82. The van der Waals surface area contributed by atoms with Gasteiger partial charge >= 0.3 is 0 Å². The van der Waals surface area contributed by atoms with Crippen LogP contribution in [0.25, 0.3) is 0 Å². The number of hydrogen-bond donors (Lipinski definition) is 0. The Morgan fingerprint density at radius 3 is 2.91 bits per heavy atom. The number of ketones is 1. The Hall–Kier alpha value is -0.640. The second kappa shape index (κ2) is 3.67. The van der Waals surface area contributed by atoms with Gasteiger partial charge in [-0.15, -0.1) is 0 Å². The van der Waals surface area contributed by atoms with Gasteiger partial charge in [0.15, 0.2) is 17.8 Å². The highest BCUT2D eigenvalue weighted by Crippen LogP contribution is 2.24. The fraction of sp³-hybridized carbons (Fsp3) is 0.571. The van der Waals surface area contributed by atoms with E-state index < -0.39 is 0 Å². The number of carbonyl (C=O) groups is 2. The predicted molar refractivity (Wildman–Crippen MR) is 44.8 cm³/mol. The molecule has 1 atom stereocenters. The third-order valence-corrected chi connectivity index (χ3v) is 2.49. The lowest BCUT2D eigenvalue weighted by Crippen LogP contribution is -2.20. The van der Waals surface area contributed by atoms with Crippen LogP contribution in [0.3, 0.4) is 0 Å². The molecule has 4 heteroatoms. The Balaban J connectivity index is 2.56. The van der Waals surface area contributed by atoms with Crippen LogP contribution in [0.2, 0.25) is 0 Å². The Morgan fingerprint density at radius 2 is 2.45 bits per heavy atom. The quantitative estimate of drug-likeness (QED) is 0.470. The zero-order chi connectivity index (χ0) is 8.27. The van der Waals surface area contributed by atoms with Crippen molar-refractivity contribution in [3.05, 3.63) is 0 Å². The molecule has 1 rings (SSSR count). The normalized spacial score (nSPS) is 23.5. The van der Waals surface area contributed by atoms with E-state index in [1.165, 1.54) is 11.9 Å². The molecular weight excluding hydrogens is 162 g/mol. The van der Waals surface area contributed by atoms with Gasteiger partial charge in [-0.1, -0.05) is 13.3 Å². The fourth-order valence-electron chi connectivity index (χ4n) is 0.904. The first-order chi connectivity index (χ1) is 5.29. The summed E-state index contributed by atoms with van der Waals surface area (Å²) in [6.07, 6.45) is 2.29. The highest BCUT2D eigenvalue weighted by Gasteiger charge is 2.28. The summed E-state index contributed by atoms with van der Waals surface area (Å²) >= 11 is 1.21. The molecule has 0 saturated carbocycles. The van der Waals surface area contributed by atoms with E-state index in [1.807, 2.05) is 6.92 Å². The summed E-state index contributed by atoms with van der Waals surface area (Å²) in [6.45, 7) is 2.01. The van der Waals surface area contributed by atoms with E-state index in [0.29, 0.717) is 6.29 Å². The molecule has 11 heavy (non-hydrogen) atoms. The SMILES string of the molecule is CCCC1SN=C(C=O)C1=O. The number of rotatable bonds is 3. The number of aldehydes is 1. The summed E-state index contributed by atoms with van der Waals surface area (Å²) in [5, 5.41) is -0.0970.